The van der Waals surface area contributed by atoms with E-state index < -0.39 is 40.6 Å². The van der Waals surface area contributed by atoms with E-state index in [9.17, 15) is 39.3 Å². The second-order valence-electron chi connectivity index (χ2n) is 3.70. The van der Waals surface area contributed by atoms with E-state index in [0.29, 0.717) is 0 Å². The molecule has 0 saturated heterocycles. The van der Waals surface area contributed by atoms with Crippen molar-refractivity contribution in [2.45, 2.75) is 49.7 Å². The molecule has 0 radical (unpaired) electrons. The van der Waals surface area contributed by atoms with Gasteiger partial charge in [-0.1, -0.05) is 12.8 Å². The molecule has 10 heteroatoms. The fraction of sp³-hybridized carbons (Fsp3) is 1.00. The molecule has 110 valence electrons. The van der Waals surface area contributed by atoms with Gasteiger partial charge in [-0.2, -0.15) is 22.0 Å². The zero-order chi connectivity index (χ0) is 14.6. The van der Waals surface area contributed by atoms with Crippen LogP contribution in [0.3, 0.4) is 0 Å². The van der Waals surface area contributed by atoms with Gasteiger partial charge in [0, 0.05) is 6.42 Å². The Labute approximate surface area is 99.9 Å². The number of rotatable bonds is 7. The Balaban J connectivity index is 4.03. The largest absolute Gasteiger partial charge is 0.743 e. The van der Waals surface area contributed by atoms with Crippen molar-refractivity contribution in [1.82, 2.24) is 0 Å². The zero-order valence-corrected chi connectivity index (χ0v) is 9.83. The molecule has 0 aliphatic rings. The third-order valence-electron chi connectivity index (χ3n) is 2.12. The first kappa shape index (κ1) is 17.5. The van der Waals surface area contributed by atoms with Crippen LogP contribution in [-0.2, 0) is 10.1 Å². The van der Waals surface area contributed by atoms with Crippen LogP contribution in [0.15, 0.2) is 0 Å². The summed E-state index contributed by atoms with van der Waals surface area (Å²) in [6, 6.07) is 0. The van der Waals surface area contributed by atoms with Gasteiger partial charge in [-0.15, -0.1) is 0 Å². The summed E-state index contributed by atoms with van der Waals surface area (Å²) in [5.74, 6) is 0. The highest BCUT2D eigenvalue weighted by molar-refractivity contribution is 7.86. The van der Waals surface area contributed by atoms with Gasteiger partial charge in [-0.3, -0.25) is 0 Å². The van der Waals surface area contributed by atoms with Gasteiger partial charge < -0.3 is 4.55 Å². The van der Waals surface area contributed by atoms with E-state index >= 15 is 0 Å². The highest BCUT2D eigenvalue weighted by Gasteiger charge is 2.46. The first-order chi connectivity index (χ1) is 7.88. The Morgan fingerprint density at radius 3 is 1.89 bits per heavy atom. The fourth-order valence-corrected chi connectivity index (χ4v) is 1.58. The van der Waals surface area contributed by atoms with Crippen LogP contribution >= 0.6 is 0 Å². The predicted molar refractivity (Wildman–Crippen MR) is 48.7 cm³/mol. The summed E-state index contributed by atoms with van der Waals surface area (Å²) in [5.41, 5.74) is 0. The summed E-state index contributed by atoms with van der Waals surface area (Å²) < 4.78 is 103. The van der Waals surface area contributed by atoms with Crippen LogP contribution in [0.25, 0.3) is 0 Å². The van der Waals surface area contributed by atoms with E-state index in [-0.39, 0.29) is 19.3 Å². The molecule has 0 rings (SSSR count). The van der Waals surface area contributed by atoms with Crippen molar-refractivity contribution >= 4 is 10.1 Å². The third kappa shape index (κ3) is 5.89. The van der Waals surface area contributed by atoms with Crippen molar-refractivity contribution < 1.29 is 39.3 Å². The maximum atomic E-state index is 12.8. The van der Waals surface area contributed by atoms with Gasteiger partial charge in [0.15, 0.2) is 16.3 Å². The monoisotopic (exact) mass is 301 g/mol. The smallest absolute Gasteiger partial charge is 0.389 e. The molecular weight excluding hydrogens is 290 g/mol. The van der Waals surface area contributed by atoms with Crippen molar-refractivity contribution in [2.75, 3.05) is 0 Å². The minimum Gasteiger partial charge on any atom is -0.743 e. The highest BCUT2D eigenvalue weighted by atomic mass is 32.2. The minimum absolute atomic E-state index is 0.186. The second kappa shape index (κ2) is 6.09. The molecule has 0 amide bonds. The Morgan fingerprint density at radius 2 is 1.50 bits per heavy atom. The van der Waals surface area contributed by atoms with Crippen molar-refractivity contribution in [1.29, 1.82) is 0 Å². The molecule has 3 nitrogen and oxygen atoms in total. The Morgan fingerprint density at radius 1 is 1.00 bits per heavy atom. The molecule has 0 aliphatic carbocycles. The van der Waals surface area contributed by atoms with Gasteiger partial charge >= 0.3 is 11.4 Å². The molecule has 0 saturated carbocycles. The number of alkyl halides is 6. The molecule has 0 heterocycles. The van der Waals surface area contributed by atoms with E-state index in [2.05, 4.69) is 0 Å². The van der Waals surface area contributed by atoms with Gasteiger partial charge in [0.25, 0.3) is 0 Å². The van der Waals surface area contributed by atoms with Gasteiger partial charge in [-0.25, -0.2) is 12.8 Å². The third-order valence-corrected chi connectivity index (χ3v) is 3.04. The van der Waals surface area contributed by atoms with Crippen LogP contribution in [0.1, 0.15) is 32.1 Å². The quantitative estimate of drug-likeness (QED) is 0.412. The molecule has 0 spiro atoms. The van der Waals surface area contributed by atoms with Crippen molar-refractivity contribution in [3.05, 3.63) is 0 Å². The summed E-state index contributed by atoms with van der Waals surface area (Å²) in [5, 5.41) is -5.04. The van der Waals surface area contributed by atoms with Gasteiger partial charge in [0.2, 0.25) is 0 Å². The molecule has 0 aromatic heterocycles. The first-order valence-corrected chi connectivity index (χ1v) is 6.33. The number of hydrogen-bond acceptors (Lipinski definition) is 3. The molecule has 0 N–H and O–H groups in total. The summed E-state index contributed by atoms with van der Waals surface area (Å²) in [6.07, 6.45) is -10.6. The lowest BCUT2D eigenvalue weighted by molar-refractivity contribution is -0.135. The number of unbranched alkanes of at least 4 members (excludes halogenated alkanes) is 2. The van der Waals surface area contributed by atoms with Gasteiger partial charge in [0.1, 0.15) is 0 Å². The Kier molecular flexibility index (Phi) is 5.92. The normalized spacial score (nSPS) is 15.7. The summed E-state index contributed by atoms with van der Waals surface area (Å²) in [4.78, 5) is 0. The Bertz CT molecular complexity index is 350. The lowest BCUT2D eigenvalue weighted by Crippen LogP contribution is -2.38. The van der Waals surface area contributed by atoms with Crippen LogP contribution in [0.4, 0.5) is 26.3 Å². The van der Waals surface area contributed by atoms with Crippen LogP contribution in [0.5, 0.6) is 0 Å². The van der Waals surface area contributed by atoms with Crippen molar-refractivity contribution in [3.8, 4) is 0 Å². The van der Waals surface area contributed by atoms with Gasteiger partial charge in [-0.05, 0) is 12.8 Å². The maximum absolute atomic E-state index is 12.8. The summed E-state index contributed by atoms with van der Waals surface area (Å²) in [7, 11) is -6.11. The lowest BCUT2D eigenvalue weighted by Gasteiger charge is -2.23. The lowest BCUT2D eigenvalue weighted by atomic mass is 10.1. The second-order valence-corrected chi connectivity index (χ2v) is 5.15. The van der Waals surface area contributed by atoms with Crippen molar-refractivity contribution in [3.63, 3.8) is 0 Å². The standard InChI is InChI=1S/C8H12F6O3S/c9-6(8(13,14)18(15,16)17)4-2-1-3-5-7(10,11)12/h6H,1-5H2,(H,15,16,17)/p-1. The number of halogens is 6. The van der Waals surface area contributed by atoms with Crippen LogP contribution in [-0.4, -0.2) is 30.6 Å². The Hall–Kier alpha value is -0.510. The average Bonchev–Trinajstić information content (AvgIpc) is 2.13. The molecule has 0 aromatic rings. The minimum atomic E-state index is -6.11. The van der Waals surface area contributed by atoms with Crippen molar-refractivity contribution in [2.24, 2.45) is 0 Å². The molecule has 0 fully saturated rings. The highest BCUT2D eigenvalue weighted by Crippen LogP contribution is 2.31. The molecular formula is C8H11F6O3S-. The summed E-state index contributed by atoms with van der Waals surface area (Å²) in [6.45, 7) is 0. The van der Waals surface area contributed by atoms with Crippen LogP contribution in [0, 0.1) is 0 Å². The fourth-order valence-electron chi connectivity index (χ4n) is 1.15. The molecule has 0 aromatic carbocycles. The molecule has 0 bridgehead atoms. The van der Waals surface area contributed by atoms with E-state index in [1.165, 1.54) is 0 Å². The zero-order valence-electron chi connectivity index (χ0n) is 9.01. The van der Waals surface area contributed by atoms with E-state index in [1.54, 1.807) is 0 Å². The number of hydrogen-bond donors (Lipinski definition) is 0. The van der Waals surface area contributed by atoms with Gasteiger partial charge in [0.05, 0.1) is 0 Å². The summed E-state index contributed by atoms with van der Waals surface area (Å²) >= 11 is 0. The van der Waals surface area contributed by atoms with E-state index in [1.807, 2.05) is 0 Å². The molecule has 18 heavy (non-hydrogen) atoms. The maximum Gasteiger partial charge on any atom is 0.389 e. The average molecular weight is 301 g/mol. The van der Waals surface area contributed by atoms with Crippen LogP contribution in [0.2, 0.25) is 0 Å². The molecule has 1 unspecified atom stereocenters. The molecule has 0 aliphatic heterocycles. The topological polar surface area (TPSA) is 57.2 Å². The van der Waals surface area contributed by atoms with Crippen LogP contribution < -0.4 is 0 Å². The van der Waals surface area contributed by atoms with E-state index in [0.717, 1.165) is 0 Å². The predicted octanol–water partition coefficient (Wildman–Crippen LogP) is 2.98. The van der Waals surface area contributed by atoms with E-state index in [4.69, 9.17) is 0 Å². The molecule has 1 atom stereocenters. The SMILES string of the molecule is O=S(=O)([O-])C(F)(F)C(F)CCCCCC(F)(F)F. The first-order valence-electron chi connectivity index (χ1n) is 4.92.